The summed E-state index contributed by atoms with van der Waals surface area (Å²) in [6.45, 7) is 7.51. The topological polar surface area (TPSA) is 46.3 Å². The molecule has 2 N–H and O–H groups in total. The van der Waals surface area contributed by atoms with Crippen molar-refractivity contribution in [3.8, 4) is 0 Å². The first-order chi connectivity index (χ1) is 7.06. The van der Waals surface area contributed by atoms with Gasteiger partial charge in [0, 0.05) is 24.7 Å². The maximum Gasteiger partial charge on any atom is 0.249 e. The lowest BCUT2D eigenvalue weighted by Crippen LogP contribution is -2.45. The standard InChI is InChI=1S/C12H22N2O/c1-4-9(2)12(15)14-7-5-6-11(8-14)10(3)13/h4,10-11H,5-8,13H2,1-3H3/b9-4-/t10-,11+/m1/s1. The zero-order valence-corrected chi connectivity index (χ0v) is 9.99. The highest BCUT2D eigenvalue weighted by molar-refractivity contribution is 5.92. The van der Waals surface area contributed by atoms with Gasteiger partial charge in [0.1, 0.15) is 0 Å². The molecule has 0 spiro atoms. The highest BCUT2D eigenvalue weighted by atomic mass is 16.2. The molecule has 1 rings (SSSR count). The molecule has 1 saturated heterocycles. The van der Waals surface area contributed by atoms with Crippen LogP contribution in [0.1, 0.15) is 33.6 Å². The first-order valence-electron chi connectivity index (χ1n) is 5.74. The van der Waals surface area contributed by atoms with Gasteiger partial charge in [-0.2, -0.15) is 0 Å². The van der Waals surface area contributed by atoms with Gasteiger partial charge in [-0.05, 0) is 39.5 Å². The van der Waals surface area contributed by atoms with Gasteiger partial charge in [-0.15, -0.1) is 0 Å². The van der Waals surface area contributed by atoms with Crippen LogP contribution in [0.4, 0.5) is 0 Å². The van der Waals surface area contributed by atoms with Crippen LogP contribution in [-0.4, -0.2) is 29.9 Å². The Morgan fingerprint density at radius 3 is 2.80 bits per heavy atom. The Labute approximate surface area is 92.3 Å². The van der Waals surface area contributed by atoms with Crippen LogP contribution in [0.15, 0.2) is 11.6 Å². The molecule has 0 aromatic rings. The lowest BCUT2D eigenvalue weighted by Gasteiger charge is -2.34. The summed E-state index contributed by atoms with van der Waals surface area (Å²) in [6.07, 6.45) is 4.10. The molecule has 1 aliphatic heterocycles. The number of allylic oxidation sites excluding steroid dienone is 1. The van der Waals surface area contributed by atoms with Crippen molar-refractivity contribution in [1.29, 1.82) is 0 Å². The Kier molecular flexibility index (Phi) is 4.33. The number of hydrogen-bond acceptors (Lipinski definition) is 2. The number of rotatable bonds is 2. The third-order valence-electron chi connectivity index (χ3n) is 3.26. The number of carbonyl (C=O) groups excluding carboxylic acids is 1. The molecule has 0 bridgehead atoms. The van der Waals surface area contributed by atoms with E-state index >= 15 is 0 Å². The Morgan fingerprint density at radius 1 is 1.60 bits per heavy atom. The van der Waals surface area contributed by atoms with Crippen LogP contribution in [0, 0.1) is 5.92 Å². The molecular formula is C12H22N2O. The van der Waals surface area contributed by atoms with E-state index in [-0.39, 0.29) is 11.9 Å². The van der Waals surface area contributed by atoms with E-state index in [1.807, 2.05) is 31.7 Å². The van der Waals surface area contributed by atoms with Gasteiger partial charge in [-0.3, -0.25) is 4.79 Å². The van der Waals surface area contributed by atoms with Crippen molar-refractivity contribution in [2.24, 2.45) is 11.7 Å². The third kappa shape index (κ3) is 3.06. The number of likely N-dealkylation sites (tertiary alicyclic amines) is 1. The third-order valence-corrected chi connectivity index (χ3v) is 3.26. The van der Waals surface area contributed by atoms with E-state index in [4.69, 9.17) is 5.73 Å². The number of nitrogens with zero attached hydrogens (tertiary/aromatic N) is 1. The second-order valence-electron chi connectivity index (χ2n) is 4.48. The zero-order chi connectivity index (χ0) is 11.4. The molecule has 0 aromatic heterocycles. The maximum atomic E-state index is 11.9. The molecule has 1 amide bonds. The molecule has 0 radical (unpaired) electrons. The number of hydrogen-bond donors (Lipinski definition) is 1. The number of amides is 1. The Bertz CT molecular complexity index is 258. The van der Waals surface area contributed by atoms with Crippen molar-refractivity contribution in [1.82, 2.24) is 4.90 Å². The van der Waals surface area contributed by atoms with E-state index in [2.05, 4.69) is 0 Å². The van der Waals surface area contributed by atoms with Crippen molar-refractivity contribution >= 4 is 5.91 Å². The average molecular weight is 210 g/mol. The maximum absolute atomic E-state index is 11.9. The van der Waals surface area contributed by atoms with Crippen LogP contribution in [0.2, 0.25) is 0 Å². The van der Waals surface area contributed by atoms with Crippen LogP contribution < -0.4 is 5.73 Å². The van der Waals surface area contributed by atoms with Gasteiger partial charge in [0.2, 0.25) is 5.91 Å². The Hall–Kier alpha value is -0.830. The first kappa shape index (κ1) is 12.2. The normalized spacial score (nSPS) is 25.2. The minimum atomic E-state index is 0.169. The van der Waals surface area contributed by atoms with Crippen molar-refractivity contribution in [2.45, 2.75) is 39.7 Å². The zero-order valence-electron chi connectivity index (χ0n) is 9.99. The minimum absolute atomic E-state index is 0.169. The smallest absolute Gasteiger partial charge is 0.249 e. The van der Waals surface area contributed by atoms with Crippen molar-refractivity contribution in [3.63, 3.8) is 0 Å². The molecule has 1 fully saturated rings. The molecule has 1 aliphatic rings. The van der Waals surface area contributed by atoms with Crippen LogP contribution in [0.5, 0.6) is 0 Å². The fourth-order valence-corrected chi connectivity index (χ4v) is 2.00. The molecule has 3 nitrogen and oxygen atoms in total. The molecule has 0 aromatic carbocycles. The number of piperidine rings is 1. The molecule has 0 unspecified atom stereocenters. The van der Waals surface area contributed by atoms with Crippen LogP contribution in [0.3, 0.4) is 0 Å². The molecule has 0 saturated carbocycles. The SMILES string of the molecule is C/C=C(/C)C(=O)N1CCC[C@H]([C@@H](C)N)C1. The summed E-state index contributed by atoms with van der Waals surface area (Å²) in [6, 6.07) is 0.187. The van der Waals surface area contributed by atoms with E-state index < -0.39 is 0 Å². The van der Waals surface area contributed by atoms with E-state index in [9.17, 15) is 4.79 Å². The second-order valence-corrected chi connectivity index (χ2v) is 4.48. The Balaban J connectivity index is 2.60. The van der Waals surface area contributed by atoms with E-state index in [1.54, 1.807) is 0 Å². The van der Waals surface area contributed by atoms with Crippen molar-refractivity contribution in [2.75, 3.05) is 13.1 Å². The number of carbonyl (C=O) groups is 1. The predicted molar refractivity (Wildman–Crippen MR) is 62.4 cm³/mol. The summed E-state index contributed by atoms with van der Waals surface area (Å²) in [4.78, 5) is 13.9. The van der Waals surface area contributed by atoms with Gasteiger partial charge in [0.05, 0.1) is 0 Å². The first-order valence-corrected chi connectivity index (χ1v) is 5.74. The summed E-state index contributed by atoms with van der Waals surface area (Å²) in [5, 5.41) is 0. The fraction of sp³-hybridized carbons (Fsp3) is 0.750. The van der Waals surface area contributed by atoms with Gasteiger partial charge < -0.3 is 10.6 Å². The summed E-state index contributed by atoms with van der Waals surface area (Å²) >= 11 is 0. The van der Waals surface area contributed by atoms with Crippen molar-refractivity contribution < 1.29 is 4.79 Å². The van der Waals surface area contributed by atoms with Gasteiger partial charge in [0.25, 0.3) is 0 Å². The van der Waals surface area contributed by atoms with Crippen LogP contribution >= 0.6 is 0 Å². The molecule has 3 heteroatoms. The van der Waals surface area contributed by atoms with E-state index in [0.29, 0.717) is 5.92 Å². The predicted octanol–water partition coefficient (Wildman–Crippen LogP) is 1.54. The lowest BCUT2D eigenvalue weighted by molar-refractivity contribution is -0.128. The van der Waals surface area contributed by atoms with Crippen molar-refractivity contribution in [3.05, 3.63) is 11.6 Å². The molecule has 2 atom stereocenters. The van der Waals surface area contributed by atoms with Crippen LogP contribution in [-0.2, 0) is 4.79 Å². The molecule has 86 valence electrons. The van der Waals surface area contributed by atoms with Gasteiger partial charge >= 0.3 is 0 Å². The summed E-state index contributed by atoms with van der Waals surface area (Å²) < 4.78 is 0. The summed E-state index contributed by atoms with van der Waals surface area (Å²) in [5.74, 6) is 0.634. The molecular weight excluding hydrogens is 188 g/mol. The molecule has 1 heterocycles. The van der Waals surface area contributed by atoms with E-state index in [1.165, 1.54) is 0 Å². The highest BCUT2D eigenvalue weighted by Crippen LogP contribution is 2.20. The van der Waals surface area contributed by atoms with Gasteiger partial charge in [-0.1, -0.05) is 6.08 Å². The monoisotopic (exact) mass is 210 g/mol. The van der Waals surface area contributed by atoms with E-state index in [0.717, 1.165) is 31.5 Å². The largest absolute Gasteiger partial charge is 0.339 e. The quantitative estimate of drug-likeness (QED) is 0.703. The average Bonchev–Trinajstić information content (AvgIpc) is 2.27. The Morgan fingerprint density at radius 2 is 2.27 bits per heavy atom. The fourth-order valence-electron chi connectivity index (χ4n) is 2.00. The molecule has 15 heavy (non-hydrogen) atoms. The van der Waals surface area contributed by atoms with Crippen LogP contribution in [0.25, 0.3) is 0 Å². The number of nitrogens with two attached hydrogens (primary N) is 1. The summed E-state index contributed by atoms with van der Waals surface area (Å²) in [7, 11) is 0. The van der Waals surface area contributed by atoms with Gasteiger partial charge in [0.15, 0.2) is 0 Å². The summed E-state index contributed by atoms with van der Waals surface area (Å²) in [5.41, 5.74) is 6.72. The highest BCUT2D eigenvalue weighted by Gasteiger charge is 2.25. The second kappa shape index (κ2) is 5.31. The lowest BCUT2D eigenvalue weighted by atomic mass is 9.92. The van der Waals surface area contributed by atoms with Gasteiger partial charge in [-0.25, -0.2) is 0 Å². The minimum Gasteiger partial charge on any atom is -0.339 e. The molecule has 0 aliphatic carbocycles.